The average molecular weight is 345 g/mol. The predicted octanol–water partition coefficient (Wildman–Crippen LogP) is 2.26. The second-order valence-corrected chi connectivity index (χ2v) is 8.66. The molecule has 1 aromatic rings. The average Bonchev–Trinajstić information content (AvgIpc) is 2.59. The van der Waals surface area contributed by atoms with E-state index in [9.17, 15) is 9.18 Å². The molecule has 3 nitrogen and oxygen atoms in total. The van der Waals surface area contributed by atoms with Crippen molar-refractivity contribution < 1.29 is 14.5 Å². The van der Waals surface area contributed by atoms with Gasteiger partial charge in [0, 0.05) is 18.4 Å². The lowest BCUT2D eigenvalue weighted by Gasteiger charge is -2.53. The van der Waals surface area contributed by atoms with Gasteiger partial charge in [0.1, 0.15) is 5.82 Å². The zero-order valence-corrected chi connectivity index (χ0v) is 15.1. The maximum absolute atomic E-state index is 12.9. The highest BCUT2D eigenvalue weighted by molar-refractivity contribution is 5.79. The normalized spacial score (nSPS) is 34.1. The summed E-state index contributed by atoms with van der Waals surface area (Å²) >= 11 is 0. The molecule has 4 fully saturated rings. The van der Waals surface area contributed by atoms with Crippen LogP contribution in [-0.2, 0) is 11.2 Å². The lowest BCUT2D eigenvalue weighted by molar-refractivity contribution is -0.725. The molecule has 0 saturated heterocycles. The fourth-order valence-electron chi connectivity index (χ4n) is 5.84. The van der Waals surface area contributed by atoms with Crippen molar-refractivity contribution in [1.29, 1.82) is 0 Å². The monoisotopic (exact) mass is 345 g/mol. The summed E-state index contributed by atoms with van der Waals surface area (Å²) < 4.78 is 12.9. The van der Waals surface area contributed by atoms with Gasteiger partial charge in [0.2, 0.25) is 0 Å². The molecule has 1 aromatic carbocycles. The number of halogens is 1. The van der Waals surface area contributed by atoms with Crippen LogP contribution in [0.2, 0.25) is 0 Å². The first kappa shape index (κ1) is 17.0. The van der Waals surface area contributed by atoms with E-state index >= 15 is 0 Å². The van der Waals surface area contributed by atoms with Gasteiger partial charge >= 0.3 is 0 Å². The van der Waals surface area contributed by atoms with Crippen LogP contribution in [0, 0.1) is 29.5 Å². The van der Waals surface area contributed by atoms with E-state index in [1.54, 1.807) is 12.1 Å². The minimum atomic E-state index is -0.216. The Morgan fingerprint density at radius 3 is 2.32 bits per heavy atom. The van der Waals surface area contributed by atoms with Crippen LogP contribution >= 0.6 is 0 Å². The number of rotatable bonds is 6. The first-order valence-electron chi connectivity index (χ1n) is 9.95. The second-order valence-electron chi connectivity index (χ2n) is 8.66. The first-order valence-corrected chi connectivity index (χ1v) is 9.95. The topological polar surface area (TPSA) is 45.7 Å². The van der Waals surface area contributed by atoms with Gasteiger partial charge < -0.3 is 10.6 Å². The number of quaternary nitrogens is 1. The van der Waals surface area contributed by atoms with Gasteiger partial charge in [0.15, 0.2) is 6.04 Å². The van der Waals surface area contributed by atoms with Crippen LogP contribution in [0.25, 0.3) is 0 Å². The predicted molar refractivity (Wildman–Crippen MR) is 95.3 cm³/mol. The summed E-state index contributed by atoms with van der Waals surface area (Å²) in [5.74, 6) is 3.55. The minimum absolute atomic E-state index is 0.0178. The Morgan fingerprint density at radius 2 is 1.72 bits per heavy atom. The van der Waals surface area contributed by atoms with E-state index in [0.717, 1.165) is 35.7 Å². The van der Waals surface area contributed by atoms with Crippen molar-refractivity contribution in [1.82, 2.24) is 5.32 Å². The molecule has 4 bridgehead atoms. The van der Waals surface area contributed by atoms with Crippen molar-refractivity contribution in [2.45, 2.75) is 57.5 Å². The molecule has 4 aliphatic rings. The molecule has 1 amide bonds. The summed E-state index contributed by atoms with van der Waals surface area (Å²) in [6.07, 6.45) is 7.80. The molecular weight excluding hydrogens is 315 g/mol. The molecule has 0 heterocycles. The molecule has 0 unspecified atom stereocenters. The highest BCUT2D eigenvalue weighted by Crippen LogP contribution is 2.52. The lowest BCUT2D eigenvalue weighted by Crippen LogP contribution is -3.00. The summed E-state index contributed by atoms with van der Waals surface area (Å²) in [4.78, 5) is 12.5. The number of hydrogen-bond donors (Lipinski definition) is 2. The largest absolute Gasteiger partial charge is 0.351 e. The number of carbonyl (C=O) groups is 1. The quantitative estimate of drug-likeness (QED) is 0.816. The summed E-state index contributed by atoms with van der Waals surface area (Å²) in [6, 6.07) is 7.15. The van der Waals surface area contributed by atoms with Crippen molar-refractivity contribution in [3.8, 4) is 0 Å². The van der Waals surface area contributed by atoms with Gasteiger partial charge in [-0.15, -0.1) is 0 Å². The van der Waals surface area contributed by atoms with Crippen LogP contribution in [0.3, 0.4) is 0 Å². The number of benzene rings is 1. The van der Waals surface area contributed by atoms with Crippen LogP contribution in [-0.4, -0.2) is 24.5 Å². The molecule has 5 rings (SSSR count). The molecule has 0 spiro atoms. The Hall–Kier alpha value is -1.42. The zero-order valence-electron chi connectivity index (χ0n) is 15.1. The van der Waals surface area contributed by atoms with Crippen molar-refractivity contribution in [2.24, 2.45) is 23.7 Å². The highest BCUT2D eigenvalue weighted by Gasteiger charge is 2.50. The van der Waals surface area contributed by atoms with Gasteiger partial charge in [0.05, 0.1) is 6.04 Å². The van der Waals surface area contributed by atoms with E-state index in [1.807, 2.05) is 6.92 Å². The molecule has 3 N–H and O–H groups in total. The number of nitrogens with two attached hydrogens (primary N) is 1. The van der Waals surface area contributed by atoms with E-state index in [2.05, 4.69) is 10.6 Å². The molecule has 4 saturated carbocycles. The van der Waals surface area contributed by atoms with Crippen molar-refractivity contribution >= 4 is 5.91 Å². The number of amides is 1. The number of carbonyl (C=O) groups excluding carboxylic acids is 1. The summed E-state index contributed by atoms with van der Waals surface area (Å²) in [5, 5.41) is 5.42. The number of nitrogens with one attached hydrogen (secondary N) is 1. The smallest absolute Gasteiger partial charge is 0.277 e. The Bertz CT molecular complexity index is 587. The Balaban J connectivity index is 1.24. The fraction of sp³-hybridized carbons (Fsp3) is 0.667. The molecule has 4 heteroatoms. The maximum Gasteiger partial charge on any atom is 0.277 e. The second kappa shape index (κ2) is 7.06. The van der Waals surface area contributed by atoms with Crippen molar-refractivity contribution in [2.75, 3.05) is 6.54 Å². The van der Waals surface area contributed by atoms with E-state index in [-0.39, 0.29) is 17.8 Å². The SMILES string of the molecule is C[C@@H]([NH2+]C1C2CC3CC(C2)CC1C3)C(=O)NCCc1ccc(F)cc1. The van der Waals surface area contributed by atoms with Gasteiger partial charge in [-0.3, -0.25) is 4.79 Å². The van der Waals surface area contributed by atoms with Crippen LogP contribution in [0.1, 0.15) is 44.6 Å². The third kappa shape index (κ3) is 3.74. The fourth-order valence-corrected chi connectivity index (χ4v) is 5.84. The van der Waals surface area contributed by atoms with Crippen molar-refractivity contribution in [3.63, 3.8) is 0 Å². The van der Waals surface area contributed by atoms with Crippen LogP contribution in [0.15, 0.2) is 24.3 Å². The first-order chi connectivity index (χ1) is 12.1. The number of hydrogen-bond acceptors (Lipinski definition) is 1. The van der Waals surface area contributed by atoms with Gasteiger partial charge in [-0.05, 0) is 75.0 Å². The van der Waals surface area contributed by atoms with Gasteiger partial charge in [0.25, 0.3) is 5.91 Å². The van der Waals surface area contributed by atoms with Gasteiger partial charge in [-0.25, -0.2) is 4.39 Å². The van der Waals surface area contributed by atoms with E-state index in [1.165, 1.54) is 44.2 Å². The minimum Gasteiger partial charge on any atom is -0.351 e. The third-order valence-electron chi connectivity index (χ3n) is 6.85. The van der Waals surface area contributed by atoms with Crippen molar-refractivity contribution in [3.05, 3.63) is 35.6 Å². The van der Waals surface area contributed by atoms with Crippen LogP contribution in [0.4, 0.5) is 4.39 Å². The Kier molecular flexibility index (Phi) is 4.81. The Labute approximate surface area is 149 Å². The molecular formula is C21H30FN2O+. The molecule has 136 valence electrons. The standard InChI is InChI=1S/C21H29FN2O/c1-13(21(25)23-7-6-14-2-4-19(22)5-3-14)24-20-17-9-15-8-16(11-17)12-18(20)10-15/h2-5,13,15-18,20,24H,6-12H2,1H3,(H,23,25)/p+1/t13-,15?,16?,17?,18?,20?/m1/s1. The summed E-state index contributed by atoms with van der Waals surface area (Å²) in [6.45, 7) is 2.66. The maximum atomic E-state index is 12.9. The van der Waals surface area contributed by atoms with Gasteiger partial charge in [-0.1, -0.05) is 12.1 Å². The summed E-state index contributed by atoms with van der Waals surface area (Å²) in [5.41, 5.74) is 1.05. The van der Waals surface area contributed by atoms with E-state index < -0.39 is 0 Å². The lowest BCUT2D eigenvalue weighted by atomic mass is 9.54. The molecule has 1 atom stereocenters. The van der Waals surface area contributed by atoms with E-state index in [0.29, 0.717) is 12.6 Å². The Morgan fingerprint density at radius 1 is 1.12 bits per heavy atom. The van der Waals surface area contributed by atoms with Crippen LogP contribution in [0.5, 0.6) is 0 Å². The molecule has 0 aromatic heterocycles. The molecule has 0 aliphatic heterocycles. The van der Waals surface area contributed by atoms with E-state index in [4.69, 9.17) is 0 Å². The zero-order chi connectivity index (χ0) is 17.4. The molecule has 0 radical (unpaired) electrons. The van der Waals surface area contributed by atoms with Gasteiger partial charge in [-0.2, -0.15) is 0 Å². The highest BCUT2D eigenvalue weighted by atomic mass is 19.1. The summed E-state index contributed by atoms with van der Waals surface area (Å²) in [7, 11) is 0. The molecule has 25 heavy (non-hydrogen) atoms. The third-order valence-corrected chi connectivity index (χ3v) is 6.85. The van der Waals surface area contributed by atoms with Crippen LogP contribution < -0.4 is 10.6 Å². The molecule has 4 aliphatic carbocycles.